The summed E-state index contributed by atoms with van der Waals surface area (Å²) in [6.45, 7) is 31.9. The summed E-state index contributed by atoms with van der Waals surface area (Å²) in [6.07, 6.45) is 0. The van der Waals surface area contributed by atoms with Crippen molar-refractivity contribution in [1.29, 1.82) is 0 Å². The molecular formula is C39H58O6. The first kappa shape index (κ1) is 39.7. The molecule has 4 unspecified atom stereocenters. The van der Waals surface area contributed by atoms with Gasteiger partial charge in [-0.3, -0.25) is 19.2 Å². The van der Waals surface area contributed by atoms with E-state index in [4.69, 9.17) is 0 Å². The number of hydrogen-bond donors (Lipinski definition) is 0. The quantitative estimate of drug-likeness (QED) is 0.245. The van der Waals surface area contributed by atoms with Gasteiger partial charge in [-0.05, 0) is 39.7 Å². The molecule has 2 aliphatic heterocycles. The third-order valence-electron chi connectivity index (χ3n) is 10.4. The van der Waals surface area contributed by atoms with E-state index in [2.05, 4.69) is 140 Å². The number of rotatable bonds is 2. The van der Waals surface area contributed by atoms with Crippen LogP contribution in [0.15, 0.2) is 54.6 Å². The van der Waals surface area contributed by atoms with Gasteiger partial charge in [0.15, 0.2) is 0 Å². The smallest absolute Gasteiger partial charge is 0.317 e. The molecule has 6 nitrogen and oxygen atoms in total. The SMILES string of the molecule is CC(C)(C)C(C)(C)c1ccccc1.CC1C(=O)OC(=O)C1C.CC1C(=O)OC(=O)C1C.Cc1ccc(C(C)(C)C(C)(C)C)cc1. The Morgan fingerprint density at radius 2 is 0.711 bits per heavy atom. The van der Waals surface area contributed by atoms with Crippen molar-refractivity contribution in [3.05, 3.63) is 71.3 Å². The number of ether oxygens (including phenoxy) is 2. The zero-order chi connectivity index (χ0) is 35.1. The Kier molecular flexibility index (Phi) is 13.5. The highest BCUT2D eigenvalue weighted by molar-refractivity contribution is 5.96. The van der Waals surface area contributed by atoms with Crippen molar-refractivity contribution in [3.63, 3.8) is 0 Å². The van der Waals surface area contributed by atoms with E-state index in [9.17, 15) is 19.2 Å². The molecule has 4 atom stereocenters. The van der Waals surface area contributed by atoms with Crippen molar-refractivity contribution in [2.45, 2.75) is 115 Å². The first-order chi connectivity index (χ1) is 20.4. The van der Waals surface area contributed by atoms with Gasteiger partial charge in [0.2, 0.25) is 0 Å². The van der Waals surface area contributed by atoms with Gasteiger partial charge in [-0.25, -0.2) is 0 Å². The van der Waals surface area contributed by atoms with Gasteiger partial charge < -0.3 is 9.47 Å². The Morgan fingerprint density at radius 3 is 0.933 bits per heavy atom. The topological polar surface area (TPSA) is 86.7 Å². The molecule has 0 aliphatic carbocycles. The highest BCUT2D eigenvalue weighted by atomic mass is 16.6. The molecule has 0 saturated carbocycles. The van der Waals surface area contributed by atoms with E-state index in [1.165, 1.54) is 16.7 Å². The maximum atomic E-state index is 10.6. The molecule has 0 aromatic heterocycles. The zero-order valence-corrected chi connectivity index (χ0v) is 30.5. The van der Waals surface area contributed by atoms with Gasteiger partial charge in [-0.15, -0.1) is 0 Å². The third kappa shape index (κ3) is 10.4. The molecular weight excluding hydrogens is 564 g/mol. The van der Waals surface area contributed by atoms with Gasteiger partial charge in [0.25, 0.3) is 0 Å². The third-order valence-corrected chi connectivity index (χ3v) is 10.4. The lowest BCUT2D eigenvalue weighted by molar-refractivity contribution is -0.155. The zero-order valence-electron chi connectivity index (χ0n) is 30.5. The van der Waals surface area contributed by atoms with E-state index < -0.39 is 23.9 Å². The van der Waals surface area contributed by atoms with Crippen LogP contribution in [0.1, 0.15) is 114 Å². The van der Waals surface area contributed by atoms with Crippen LogP contribution in [0.5, 0.6) is 0 Å². The lowest BCUT2D eigenvalue weighted by Crippen LogP contribution is -2.33. The first-order valence-electron chi connectivity index (χ1n) is 16.0. The fourth-order valence-corrected chi connectivity index (χ4v) is 4.08. The molecule has 2 fully saturated rings. The van der Waals surface area contributed by atoms with Gasteiger partial charge in [-0.1, -0.05) is 157 Å². The second-order valence-corrected chi connectivity index (χ2v) is 15.6. The summed E-state index contributed by atoms with van der Waals surface area (Å²) in [6, 6.07) is 19.6. The maximum absolute atomic E-state index is 10.6. The number of benzene rings is 2. The molecule has 45 heavy (non-hydrogen) atoms. The summed E-state index contributed by atoms with van der Waals surface area (Å²) in [5, 5.41) is 0. The molecule has 0 amide bonds. The van der Waals surface area contributed by atoms with Crippen LogP contribution in [0.25, 0.3) is 0 Å². The maximum Gasteiger partial charge on any atom is 0.317 e. The van der Waals surface area contributed by atoms with Gasteiger partial charge in [0.1, 0.15) is 0 Å². The van der Waals surface area contributed by atoms with E-state index in [-0.39, 0.29) is 34.5 Å². The molecule has 2 aliphatic rings. The molecule has 4 rings (SSSR count). The Hall–Kier alpha value is -3.28. The van der Waals surface area contributed by atoms with E-state index in [0.717, 1.165) is 0 Å². The van der Waals surface area contributed by atoms with E-state index >= 15 is 0 Å². The summed E-state index contributed by atoms with van der Waals surface area (Å²) in [7, 11) is 0. The molecule has 0 spiro atoms. The average Bonchev–Trinajstić information content (AvgIpc) is 3.30. The molecule has 0 N–H and O–H groups in total. The predicted molar refractivity (Wildman–Crippen MR) is 181 cm³/mol. The van der Waals surface area contributed by atoms with Gasteiger partial charge in [0, 0.05) is 0 Å². The number of cyclic esters (lactones) is 4. The summed E-state index contributed by atoms with van der Waals surface area (Å²) in [4.78, 5) is 42.2. The van der Waals surface area contributed by atoms with Crippen LogP contribution in [0.3, 0.4) is 0 Å². The molecule has 6 heteroatoms. The van der Waals surface area contributed by atoms with Crippen LogP contribution in [0.4, 0.5) is 0 Å². The lowest BCUT2D eigenvalue weighted by Gasteiger charge is -2.39. The minimum atomic E-state index is -0.396. The minimum Gasteiger partial charge on any atom is -0.393 e. The van der Waals surface area contributed by atoms with Crippen LogP contribution in [-0.2, 0) is 39.5 Å². The molecule has 2 heterocycles. The number of carbonyl (C=O) groups excluding carboxylic acids is 4. The van der Waals surface area contributed by atoms with E-state index in [1.807, 2.05) is 0 Å². The monoisotopic (exact) mass is 622 g/mol. The number of aryl methyl sites for hydroxylation is 1. The van der Waals surface area contributed by atoms with Crippen molar-refractivity contribution >= 4 is 23.9 Å². The van der Waals surface area contributed by atoms with E-state index in [1.54, 1.807) is 27.7 Å². The number of esters is 4. The van der Waals surface area contributed by atoms with Gasteiger partial charge in [0.05, 0.1) is 23.7 Å². The number of hydrogen-bond acceptors (Lipinski definition) is 6. The van der Waals surface area contributed by atoms with Crippen LogP contribution < -0.4 is 0 Å². The van der Waals surface area contributed by atoms with Gasteiger partial charge >= 0.3 is 23.9 Å². The molecule has 0 radical (unpaired) electrons. The normalized spacial score (nSPS) is 21.8. The predicted octanol–water partition coefficient (Wildman–Crippen LogP) is 9.01. The van der Waals surface area contributed by atoms with Crippen molar-refractivity contribution in [2.24, 2.45) is 34.5 Å². The Bertz CT molecular complexity index is 1220. The Morgan fingerprint density at radius 1 is 0.444 bits per heavy atom. The standard InChI is InChI=1S/C14H22.C13H20.2C6H8O3/c1-11-7-9-12(10-8-11)14(5,6)13(2,3)4;1-12(2,3)13(4,5)11-9-7-6-8-10-11;2*1-3-4(2)6(8)9-5(3)7/h7-10H,1-6H3;6-10H,1-5H3;2*3-4H,1-2H3. The van der Waals surface area contributed by atoms with Crippen molar-refractivity contribution in [3.8, 4) is 0 Å². The van der Waals surface area contributed by atoms with E-state index in [0.29, 0.717) is 10.8 Å². The molecule has 2 saturated heterocycles. The lowest BCUT2D eigenvalue weighted by atomic mass is 9.65. The minimum absolute atomic E-state index is 0.223. The van der Waals surface area contributed by atoms with Crippen molar-refractivity contribution in [2.75, 3.05) is 0 Å². The highest BCUT2D eigenvalue weighted by Gasteiger charge is 2.38. The Balaban J connectivity index is 0.000000306. The van der Waals surface area contributed by atoms with Crippen LogP contribution in [0, 0.1) is 41.4 Å². The van der Waals surface area contributed by atoms with Gasteiger partial charge in [-0.2, -0.15) is 0 Å². The fraction of sp³-hybridized carbons (Fsp3) is 0.590. The molecule has 2 aromatic rings. The molecule has 2 aromatic carbocycles. The fourth-order valence-electron chi connectivity index (χ4n) is 4.08. The summed E-state index contributed by atoms with van der Waals surface area (Å²) < 4.78 is 8.62. The van der Waals surface area contributed by atoms with Crippen LogP contribution >= 0.6 is 0 Å². The second-order valence-electron chi connectivity index (χ2n) is 15.6. The summed E-state index contributed by atoms with van der Waals surface area (Å²) in [5.41, 5.74) is 5.22. The van der Waals surface area contributed by atoms with Crippen LogP contribution in [-0.4, -0.2) is 23.9 Å². The van der Waals surface area contributed by atoms with Crippen molar-refractivity contribution in [1.82, 2.24) is 0 Å². The highest BCUT2D eigenvalue weighted by Crippen LogP contribution is 2.41. The summed E-state index contributed by atoms with van der Waals surface area (Å²) in [5.74, 6) is -2.59. The Labute approximate surface area is 272 Å². The average molecular weight is 623 g/mol. The first-order valence-corrected chi connectivity index (χ1v) is 16.0. The number of carbonyl (C=O) groups is 4. The van der Waals surface area contributed by atoms with Crippen molar-refractivity contribution < 1.29 is 28.7 Å². The molecule has 250 valence electrons. The molecule has 0 bridgehead atoms. The second kappa shape index (κ2) is 15.3. The summed E-state index contributed by atoms with van der Waals surface area (Å²) >= 11 is 0. The van der Waals surface area contributed by atoms with Crippen LogP contribution in [0.2, 0.25) is 0 Å². The largest absolute Gasteiger partial charge is 0.393 e.